The SMILES string of the molecule is CCN(CC)C(=O)C1CCCN1CC(O)c1ccc(F)cc1F. The highest BCUT2D eigenvalue weighted by molar-refractivity contribution is 5.82. The van der Waals surface area contributed by atoms with Gasteiger partial charge in [0, 0.05) is 31.3 Å². The number of rotatable bonds is 6. The largest absolute Gasteiger partial charge is 0.387 e. The molecule has 0 aliphatic carbocycles. The number of likely N-dealkylation sites (N-methyl/N-ethyl adjacent to an activating group) is 1. The predicted molar refractivity (Wildman–Crippen MR) is 83.8 cm³/mol. The maximum Gasteiger partial charge on any atom is 0.239 e. The van der Waals surface area contributed by atoms with Crippen LogP contribution in [-0.4, -0.2) is 53.0 Å². The van der Waals surface area contributed by atoms with Crippen molar-refractivity contribution in [2.75, 3.05) is 26.2 Å². The molecular formula is C17H24F2N2O2. The molecule has 1 aliphatic heterocycles. The molecule has 128 valence electrons. The number of nitrogens with zero attached hydrogens (tertiary/aromatic N) is 2. The Morgan fingerprint density at radius 3 is 2.70 bits per heavy atom. The van der Waals surface area contributed by atoms with Crippen LogP contribution in [0.2, 0.25) is 0 Å². The van der Waals surface area contributed by atoms with Gasteiger partial charge in [-0.3, -0.25) is 9.69 Å². The Bertz CT molecular complexity index is 549. The zero-order valence-corrected chi connectivity index (χ0v) is 13.6. The Morgan fingerprint density at radius 2 is 2.09 bits per heavy atom. The molecule has 6 heteroatoms. The predicted octanol–water partition coefficient (Wildman–Crippen LogP) is 2.33. The molecule has 1 heterocycles. The fourth-order valence-corrected chi connectivity index (χ4v) is 3.16. The quantitative estimate of drug-likeness (QED) is 0.872. The third-order valence-corrected chi connectivity index (χ3v) is 4.45. The van der Waals surface area contributed by atoms with Crippen molar-refractivity contribution in [1.29, 1.82) is 0 Å². The number of benzene rings is 1. The molecule has 1 aliphatic rings. The van der Waals surface area contributed by atoms with Crippen molar-refractivity contribution in [2.45, 2.75) is 38.8 Å². The summed E-state index contributed by atoms with van der Waals surface area (Å²) in [6.07, 6.45) is 0.533. The van der Waals surface area contributed by atoms with E-state index in [4.69, 9.17) is 0 Å². The molecule has 2 unspecified atom stereocenters. The van der Waals surface area contributed by atoms with E-state index in [1.807, 2.05) is 18.7 Å². The average Bonchev–Trinajstić information content (AvgIpc) is 2.96. The topological polar surface area (TPSA) is 43.8 Å². The number of carbonyl (C=O) groups excluding carboxylic acids is 1. The van der Waals surface area contributed by atoms with Crippen LogP contribution in [-0.2, 0) is 4.79 Å². The van der Waals surface area contributed by atoms with Crippen LogP contribution in [0.3, 0.4) is 0 Å². The van der Waals surface area contributed by atoms with E-state index in [0.717, 1.165) is 25.0 Å². The zero-order valence-electron chi connectivity index (χ0n) is 13.6. The van der Waals surface area contributed by atoms with E-state index in [1.54, 1.807) is 4.90 Å². The lowest BCUT2D eigenvalue weighted by Crippen LogP contribution is -2.46. The normalized spacial score (nSPS) is 19.8. The molecule has 1 aromatic rings. The van der Waals surface area contributed by atoms with Crippen LogP contribution >= 0.6 is 0 Å². The first-order valence-electron chi connectivity index (χ1n) is 8.13. The van der Waals surface area contributed by atoms with Crippen LogP contribution in [0.4, 0.5) is 8.78 Å². The molecule has 1 saturated heterocycles. The van der Waals surface area contributed by atoms with E-state index in [0.29, 0.717) is 19.6 Å². The molecule has 4 nitrogen and oxygen atoms in total. The Labute approximate surface area is 135 Å². The van der Waals surface area contributed by atoms with Gasteiger partial charge in [-0.25, -0.2) is 8.78 Å². The van der Waals surface area contributed by atoms with Crippen molar-refractivity contribution >= 4 is 5.91 Å². The molecule has 1 N–H and O–H groups in total. The highest BCUT2D eigenvalue weighted by Crippen LogP contribution is 2.25. The van der Waals surface area contributed by atoms with E-state index in [-0.39, 0.29) is 24.1 Å². The van der Waals surface area contributed by atoms with Gasteiger partial charge in [-0.15, -0.1) is 0 Å². The van der Waals surface area contributed by atoms with Gasteiger partial charge in [0.1, 0.15) is 11.6 Å². The number of hydrogen-bond donors (Lipinski definition) is 1. The maximum atomic E-state index is 13.8. The Kier molecular flexibility index (Phi) is 6.07. The van der Waals surface area contributed by atoms with Gasteiger partial charge in [0.15, 0.2) is 0 Å². The molecule has 23 heavy (non-hydrogen) atoms. The first-order valence-corrected chi connectivity index (χ1v) is 8.13. The highest BCUT2D eigenvalue weighted by Gasteiger charge is 2.34. The lowest BCUT2D eigenvalue weighted by Gasteiger charge is -2.30. The lowest BCUT2D eigenvalue weighted by molar-refractivity contribution is -0.136. The summed E-state index contributed by atoms with van der Waals surface area (Å²) in [5.41, 5.74) is 0.0624. The first kappa shape index (κ1) is 17.8. The molecular weight excluding hydrogens is 302 g/mol. The minimum atomic E-state index is -1.08. The summed E-state index contributed by atoms with van der Waals surface area (Å²) < 4.78 is 26.7. The second kappa shape index (κ2) is 7.84. The molecule has 2 atom stereocenters. The van der Waals surface area contributed by atoms with Crippen molar-refractivity contribution in [3.05, 3.63) is 35.4 Å². The van der Waals surface area contributed by atoms with E-state index in [1.165, 1.54) is 6.07 Å². The van der Waals surface area contributed by atoms with Crippen LogP contribution in [0.1, 0.15) is 38.4 Å². The van der Waals surface area contributed by atoms with E-state index in [9.17, 15) is 18.7 Å². The van der Waals surface area contributed by atoms with Gasteiger partial charge in [0.05, 0.1) is 12.1 Å². The van der Waals surface area contributed by atoms with Crippen LogP contribution in [0.25, 0.3) is 0 Å². The second-order valence-electron chi connectivity index (χ2n) is 5.85. The van der Waals surface area contributed by atoms with E-state index < -0.39 is 17.7 Å². The Morgan fingerprint density at radius 1 is 1.39 bits per heavy atom. The van der Waals surface area contributed by atoms with Crippen LogP contribution < -0.4 is 0 Å². The summed E-state index contributed by atoms with van der Waals surface area (Å²) in [5, 5.41) is 10.3. The van der Waals surface area contributed by atoms with Gasteiger partial charge in [0.25, 0.3) is 0 Å². The van der Waals surface area contributed by atoms with Gasteiger partial charge in [-0.1, -0.05) is 6.07 Å². The Balaban J connectivity index is 2.07. The molecule has 0 spiro atoms. The Hall–Kier alpha value is -1.53. The standard InChI is InChI=1S/C17H24F2N2O2/c1-3-20(4-2)17(23)15-6-5-9-21(15)11-16(22)13-8-7-12(18)10-14(13)19/h7-8,10,15-16,22H,3-6,9,11H2,1-2H3. The number of carbonyl (C=O) groups is 1. The monoisotopic (exact) mass is 326 g/mol. The third-order valence-electron chi connectivity index (χ3n) is 4.45. The minimum Gasteiger partial charge on any atom is -0.387 e. The van der Waals surface area contributed by atoms with Crippen LogP contribution in [0.15, 0.2) is 18.2 Å². The van der Waals surface area contributed by atoms with Crippen molar-refractivity contribution in [3.63, 3.8) is 0 Å². The molecule has 1 fully saturated rings. The average molecular weight is 326 g/mol. The first-order chi connectivity index (χ1) is 11.0. The summed E-state index contributed by atoms with van der Waals surface area (Å²) in [4.78, 5) is 16.2. The fourth-order valence-electron chi connectivity index (χ4n) is 3.16. The number of likely N-dealkylation sites (tertiary alicyclic amines) is 1. The lowest BCUT2D eigenvalue weighted by atomic mass is 10.1. The minimum absolute atomic E-state index is 0.0549. The zero-order chi connectivity index (χ0) is 17.0. The number of β-amino-alcohol motifs (C(OH)–C–C–N with tert-alkyl or cyclic N) is 1. The highest BCUT2D eigenvalue weighted by atomic mass is 19.1. The number of aliphatic hydroxyl groups excluding tert-OH is 1. The summed E-state index contributed by atoms with van der Waals surface area (Å²) in [6, 6.07) is 2.88. The number of hydrogen-bond acceptors (Lipinski definition) is 3. The van der Waals surface area contributed by atoms with Gasteiger partial charge in [0.2, 0.25) is 5.91 Å². The van der Waals surface area contributed by atoms with Crippen molar-refractivity contribution in [3.8, 4) is 0 Å². The third kappa shape index (κ3) is 4.06. The summed E-state index contributed by atoms with van der Waals surface area (Å²) in [7, 11) is 0. The van der Waals surface area contributed by atoms with E-state index >= 15 is 0 Å². The molecule has 0 aromatic heterocycles. The van der Waals surface area contributed by atoms with Crippen molar-refractivity contribution in [1.82, 2.24) is 9.80 Å². The van der Waals surface area contributed by atoms with Gasteiger partial charge >= 0.3 is 0 Å². The van der Waals surface area contributed by atoms with Gasteiger partial charge in [-0.2, -0.15) is 0 Å². The molecule has 2 rings (SSSR count). The number of halogens is 2. The summed E-state index contributed by atoms with van der Waals surface area (Å²) in [6.45, 7) is 6.02. The van der Waals surface area contributed by atoms with Gasteiger partial charge in [-0.05, 0) is 39.3 Å². The molecule has 0 saturated carbocycles. The van der Waals surface area contributed by atoms with E-state index in [2.05, 4.69) is 0 Å². The maximum absolute atomic E-state index is 13.8. The van der Waals surface area contributed by atoms with Gasteiger partial charge < -0.3 is 10.0 Å². The molecule has 0 radical (unpaired) electrons. The van der Waals surface area contributed by atoms with Crippen molar-refractivity contribution in [2.24, 2.45) is 0 Å². The number of amides is 1. The molecule has 1 amide bonds. The summed E-state index contributed by atoms with van der Waals surface area (Å²) in [5.74, 6) is -1.38. The second-order valence-corrected chi connectivity index (χ2v) is 5.85. The number of aliphatic hydroxyl groups is 1. The van der Waals surface area contributed by atoms with Crippen LogP contribution in [0.5, 0.6) is 0 Å². The van der Waals surface area contributed by atoms with Crippen LogP contribution in [0, 0.1) is 11.6 Å². The molecule has 0 bridgehead atoms. The smallest absolute Gasteiger partial charge is 0.239 e. The molecule has 1 aromatic carbocycles. The summed E-state index contributed by atoms with van der Waals surface area (Å²) >= 11 is 0. The fraction of sp³-hybridized carbons (Fsp3) is 0.588. The van der Waals surface area contributed by atoms with Crippen molar-refractivity contribution < 1.29 is 18.7 Å².